The number of amidine groups is 1. The molecular formula is C21H33FN3O8+. The summed E-state index contributed by atoms with van der Waals surface area (Å²) in [6.07, 6.45) is -2.17. The molecule has 2 fully saturated rings. The van der Waals surface area contributed by atoms with E-state index in [0.29, 0.717) is 6.42 Å². The molecule has 186 valence electrons. The van der Waals surface area contributed by atoms with Crippen LogP contribution in [0, 0.1) is 5.92 Å². The molecule has 3 rings (SSSR count). The van der Waals surface area contributed by atoms with Crippen LogP contribution in [0.2, 0.25) is 0 Å². The summed E-state index contributed by atoms with van der Waals surface area (Å²) in [6.45, 7) is 4.06. The van der Waals surface area contributed by atoms with Crippen LogP contribution < -0.4 is 0 Å². The third-order valence-corrected chi connectivity index (χ3v) is 6.09. The normalized spacial score (nSPS) is 31.7. The molecule has 0 saturated carbocycles. The van der Waals surface area contributed by atoms with Gasteiger partial charge in [0.1, 0.15) is 31.4 Å². The van der Waals surface area contributed by atoms with E-state index in [-0.39, 0.29) is 39.6 Å². The Hall–Kier alpha value is -1.96. The Balaban J connectivity index is 1.81. The molecule has 0 spiro atoms. The molecule has 0 aromatic heterocycles. The standard InChI is InChI=1S/C21H33FN3O8/c1-3-4-5-8-32-21(29)24(12-25(30)6-9-31-10-7-25)19-15(22)11-14(20(28)23-19)18-17(27)16(26)13(2)33-18/h11,13-14,16-18,26-27,30H,3-10,12H2,1-2H3/q+1/t13-,14?,16+,17?,18+/m1/s1. The molecule has 12 heteroatoms. The molecule has 0 radical (unpaired) electrons. The smallest absolute Gasteiger partial charge is 0.420 e. The maximum atomic E-state index is 15.2. The van der Waals surface area contributed by atoms with Gasteiger partial charge in [0.15, 0.2) is 18.3 Å². The SMILES string of the molecule is CCCCCOC(=O)N(C[N+]1(O)CCOCC1)C1=NC(=O)C([C@@H]2O[C@H](C)[C@H](O)C2O)C=C1F. The van der Waals surface area contributed by atoms with E-state index in [1.165, 1.54) is 6.92 Å². The molecule has 2 unspecified atom stereocenters. The molecule has 3 N–H and O–H groups in total. The van der Waals surface area contributed by atoms with Crippen molar-refractivity contribution in [3.8, 4) is 0 Å². The molecule has 5 atom stereocenters. The van der Waals surface area contributed by atoms with Gasteiger partial charge in [0.05, 0.1) is 31.8 Å². The summed E-state index contributed by atoms with van der Waals surface area (Å²) in [5.74, 6) is -3.68. The Morgan fingerprint density at radius 1 is 1.30 bits per heavy atom. The molecule has 33 heavy (non-hydrogen) atoms. The van der Waals surface area contributed by atoms with Gasteiger partial charge in [0, 0.05) is 0 Å². The van der Waals surface area contributed by atoms with Crippen LogP contribution in [-0.4, -0.2) is 107 Å². The molecule has 11 nitrogen and oxygen atoms in total. The van der Waals surface area contributed by atoms with Crippen LogP contribution in [0.3, 0.4) is 0 Å². The number of hydrogen-bond acceptors (Lipinski definition) is 8. The Morgan fingerprint density at radius 2 is 2.00 bits per heavy atom. The average Bonchev–Trinajstić information content (AvgIpc) is 3.04. The second kappa shape index (κ2) is 11.0. The number of aliphatic imine (C=N–C) groups is 1. The summed E-state index contributed by atoms with van der Waals surface area (Å²) in [7, 11) is 0. The van der Waals surface area contributed by atoms with Crippen molar-refractivity contribution in [2.75, 3.05) is 39.6 Å². The molecule has 2 saturated heterocycles. The number of halogens is 1. The second-order valence-electron chi connectivity index (χ2n) is 8.65. The van der Waals surface area contributed by atoms with Crippen molar-refractivity contribution in [2.45, 2.75) is 57.5 Å². The minimum Gasteiger partial charge on any atom is -0.449 e. The fourth-order valence-corrected chi connectivity index (χ4v) is 4.03. The highest BCUT2D eigenvalue weighted by Gasteiger charge is 2.48. The third-order valence-electron chi connectivity index (χ3n) is 6.09. The highest BCUT2D eigenvalue weighted by Crippen LogP contribution is 2.31. The lowest BCUT2D eigenvalue weighted by Gasteiger charge is -2.37. The number of unbranched alkanes of at least 4 members (excludes halogenated alkanes) is 2. The first kappa shape index (κ1) is 25.7. The third kappa shape index (κ3) is 5.94. The van der Waals surface area contributed by atoms with Crippen molar-refractivity contribution in [3.63, 3.8) is 0 Å². The van der Waals surface area contributed by atoms with E-state index < -0.39 is 58.6 Å². The molecular weight excluding hydrogens is 441 g/mol. The lowest BCUT2D eigenvalue weighted by atomic mass is 9.93. The van der Waals surface area contributed by atoms with Gasteiger partial charge in [-0.2, -0.15) is 9.64 Å². The van der Waals surface area contributed by atoms with Crippen molar-refractivity contribution in [3.05, 3.63) is 11.9 Å². The summed E-state index contributed by atoms with van der Waals surface area (Å²) < 4.78 is 30.5. The quantitative estimate of drug-likeness (QED) is 0.363. The molecule has 0 aliphatic carbocycles. The fourth-order valence-electron chi connectivity index (χ4n) is 4.03. The molecule has 3 aliphatic rings. The summed E-state index contributed by atoms with van der Waals surface area (Å²) in [4.78, 5) is 30.2. The maximum absolute atomic E-state index is 15.2. The highest BCUT2D eigenvalue weighted by molar-refractivity contribution is 6.11. The molecule has 3 aliphatic heterocycles. The van der Waals surface area contributed by atoms with Crippen LogP contribution in [0.15, 0.2) is 16.9 Å². The fraction of sp³-hybridized carbons (Fsp3) is 0.762. The van der Waals surface area contributed by atoms with Crippen molar-refractivity contribution < 1.29 is 48.3 Å². The number of dihydropyridines is 1. The second-order valence-corrected chi connectivity index (χ2v) is 8.65. The molecule has 0 bridgehead atoms. The number of aliphatic hydroxyl groups is 2. The summed E-state index contributed by atoms with van der Waals surface area (Å²) in [6, 6.07) is 0. The number of aliphatic hydroxyl groups excluding tert-OH is 2. The maximum Gasteiger partial charge on any atom is 0.420 e. The van der Waals surface area contributed by atoms with E-state index in [1.807, 2.05) is 6.92 Å². The minimum atomic E-state index is -1.39. The van der Waals surface area contributed by atoms with E-state index in [9.17, 15) is 25.0 Å². The number of hydrogen-bond donors (Lipinski definition) is 3. The number of carbonyl (C=O) groups is 2. The summed E-state index contributed by atoms with van der Waals surface area (Å²) in [5, 5.41) is 30.9. The van der Waals surface area contributed by atoms with Gasteiger partial charge in [0.25, 0.3) is 5.91 Å². The van der Waals surface area contributed by atoms with Crippen LogP contribution in [-0.2, 0) is 19.0 Å². The number of rotatable bonds is 7. The first-order valence-corrected chi connectivity index (χ1v) is 11.3. The van der Waals surface area contributed by atoms with Crippen molar-refractivity contribution in [2.24, 2.45) is 10.9 Å². The number of nitrogens with zero attached hydrogens (tertiary/aromatic N) is 3. The van der Waals surface area contributed by atoms with Crippen molar-refractivity contribution >= 4 is 17.8 Å². The zero-order valence-electron chi connectivity index (χ0n) is 18.9. The van der Waals surface area contributed by atoms with Gasteiger partial charge >= 0.3 is 6.09 Å². The van der Waals surface area contributed by atoms with Gasteiger partial charge in [-0.05, 0) is 19.4 Å². The molecule has 2 amide bonds. The predicted molar refractivity (Wildman–Crippen MR) is 112 cm³/mol. The van der Waals surface area contributed by atoms with Crippen LogP contribution in [0.5, 0.6) is 0 Å². The van der Waals surface area contributed by atoms with Crippen LogP contribution in [0.25, 0.3) is 0 Å². The number of carbonyl (C=O) groups excluding carboxylic acids is 2. The Labute approximate surface area is 191 Å². The van der Waals surface area contributed by atoms with Crippen LogP contribution >= 0.6 is 0 Å². The van der Waals surface area contributed by atoms with E-state index >= 15 is 4.39 Å². The lowest BCUT2D eigenvalue weighted by Crippen LogP contribution is -2.60. The molecule has 0 aromatic rings. The molecule has 3 heterocycles. The van der Waals surface area contributed by atoms with Gasteiger partial charge < -0.3 is 24.4 Å². The minimum absolute atomic E-state index is 0.102. The number of ether oxygens (including phenoxy) is 3. The topological polar surface area (TPSA) is 138 Å². The van der Waals surface area contributed by atoms with E-state index in [1.54, 1.807) is 0 Å². The summed E-state index contributed by atoms with van der Waals surface area (Å²) >= 11 is 0. The molecule has 0 aromatic carbocycles. The van der Waals surface area contributed by atoms with Crippen molar-refractivity contribution in [1.29, 1.82) is 0 Å². The van der Waals surface area contributed by atoms with Gasteiger partial charge in [-0.3, -0.25) is 4.79 Å². The highest BCUT2D eigenvalue weighted by atomic mass is 19.1. The van der Waals surface area contributed by atoms with E-state index in [4.69, 9.17) is 14.2 Å². The monoisotopic (exact) mass is 474 g/mol. The van der Waals surface area contributed by atoms with Gasteiger partial charge in [-0.1, -0.05) is 19.8 Å². The van der Waals surface area contributed by atoms with Crippen LogP contribution in [0.4, 0.5) is 9.18 Å². The van der Waals surface area contributed by atoms with Gasteiger partial charge in [-0.15, -0.1) is 0 Å². The summed E-state index contributed by atoms with van der Waals surface area (Å²) in [5.41, 5.74) is 0. The average molecular weight is 475 g/mol. The first-order valence-electron chi connectivity index (χ1n) is 11.3. The number of morpholine rings is 1. The van der Waals surface area contributed by atoms with E-state index in [0.717, 1.165) is 23.8 Å². The van der Waals surface area contributed by atoms with Gasteiger partial charge in [0.2, 0.25) is 0 Å². The Morgan fingerprint density at radius 3 is 2.61 bits per heavy atom. The van der Waals surface area contributed by atoms with Crippen LogP contribution in [0.1, 0.15) is 33.1 Å². The van der Waals surface area contributed by atoms with Crippen molar-refractivity contribution in [1.82, 2.24) is 4.90 Å². The Kier molecular flexibility index (Phi) is 8.54. The number of amides is 2. The van der Waals surface area contributed by atoms with E-state index in [2.05, 4.69) is 4.99 Å². The zero-order chi connectivity index (χ0) is 24.2. The number of hydroxylamine groups is 3. The van der Waals surface area contributed by atoms with Gasteiger partial charge in [-0.25, -0.2) is 19.3 Å². The number of quaternary nitrogens is 1. The predicted octanol–water partition coefficient (Wildman–Crippen LogP) is 0.726. The Bertz CT molecular complexity index is 785. The lowest BCUT2D eigenvalue weighted by molar-refractivity contribution is -1.11. The zero-order valence-corrected chi connectivity index (χ0v) is 18.9. The first-order chi connectivity index (χ1) is 15.7. The largest absolute Gasteiger partial charge is 0.449 e.